The lowest BCUT2D eigenvalue weighted by molar-refractivity contribution is -0.137. The van der Waals surface area contributed by atoms with Crippen LogP contribution in [0.2, 0.25) is 0 Å². The molecule has 0 bridgehead atoms. The van der Waals surface area contributed by atoms with Gasteiger partial charge in [-0.2, -0.15) is 0 Å². The molecule has 3 rings (SSSR count). The van der Waals surface area contributed by atoms with Crippen LogP contribution in [-0.4, -0.2) is 19.7 Å². The van der Waals surface area contributed by atoms with Crippen molar-refractivity contribution in [2.24, 2.45) is 5.92 Å². The first-order valence-electron chi connectivity index (χ1n) is 7.74. The number of carbonyl (C=O) groups is 1. The number of rotatable bonds is 6. The summed E-state index contributed by atoms with van der Waals surface area (Å²) >= 11 is 0. The van der Waals surface area contributed by atoms with E-state index in [0.29, 0.717) is 25.4 Å². The summed E-state index contributed by atoms with van der Waals surface area (Å²) in [5, 5.41) is 0. The molecule has 0 aromatic heterocycles. The van der Waals surface area contributed by atoms with Crippen molar-refractivity contribution in [1.82, 2.24) is 0 Å². The molecule has 1 aliphatic rings. The van der Waals surface area contributed by atoms with E-state index in [-0.39, 0.29) is 11.9 Å². The zero-order valence-electron chi connectivity index (χ0n) is 13.2. The van der Waals surface area contributed by atoms with Gasteiger partial charge in [-0.3, -0.25) is 4.79 Å². The average molecular weight is 312 g/mol. The summed E-state index contributed by atoms with van der Waals surface area (Å²) in [6, 6.07) is 15.9. The highest BCUT2D eigenvalue weighted by molar-refractivity contribution is 5.71. The van der Waals surface area contributed by atoms with Crippen LogP contribution in [-0.2, 0) is 22.6 Å². The van der Waals surface area contributed by atoms with E-state index in [9.17, 15) is 4.79 Å². The fraction of sp³-hybridized carbons (Fsp3) is 0.316. The van der Waals surface area contributed by atoms with Crippen molar-refractivity contribution in [3.63, 3.8) is 0 Å². The Bertz CT molecular complexity index is 666. The van der Waals surface area contributed by atoms with Gasteiger partial charge in [-0.05, 0) is 29.7 Å². The maximum atomic E-state index is 11.2. The topological polar surface area (TPSA) is 44.8 Å². The fourth-order valence-electron chi connectivity index (χ4n) is 2.72. The lowest BCUT2D eigenvalue weighted by atomic mass is 9.98. The summed E-state index contributed by atoms with van der Waals surface area (Å²) in [7, 11) is 1.64. The van der Waals surface area contributed by atoms with Crippen LogP contribution in [0.4, 0.5) is 0 Å². The molecule has 0 N–H and O–H groups in total. The Balaban J connectivity index is 1.65. The Hall–Kier alpha value is -2.49. The molecule has 1 saturated heterocycles. The van der Waals surface area contributed by atoms with E-state index in [2.05, 4.69) is 0 Å². The van der Waals surface area contributed by atoms with Crippen molar-refractivity contribution in [3.05, 3.63) is 59.7 Å². The molecule has 1 fully saturated rings. The third kappa shape index (κ3) is 4.03. The number of esters is 1. The number of carbonyl (C=O) groups excluding carboxylic acids is 1. The van der Waals surface area contributed by atoms with Gasteiger partial charge in [-0.15, -0.1) is 0 Å². The Kier molecular flexibility index (Phi) is 4.81. The third-order valence-electron chi connectivity index (χ3n) is 3.92. The quantitative estimate of drug-likeness (QED) is 0.767. The second-order valence-electron chi connectivity index (χ2n) is 5.72. The minimum Gasteiger partial charge on any atom is -0.493 e. The molecule has 4 nitrogen and oxygen atoms in total. The largest absolute Gasteiger partial charge is 0.493 e. The zero-order chi connectivity index (χ0) is 16.1. The number of ether oxygens (including phenoxy) is 3. The molecule has 0 spiro atoms. The molecular formula is C19H20O4. The summed E-state index contributed by atoms with van der Waals surface area (Å²) in [5.74, 6) is 1.58. The molecule has 1 heterocycles. The highest BCUT2D eigenvalue weighted by Crippen LogP contribution is 2.30. The number of cyclic esters (lactones) is 1. The molecule has 0 amide bonds. The van der Waals surface area contributed by atoms with Crippen molar-refractivity contribution in [2.45, 2.75) is 19.4 Å². The van der Waals surface area contributed by atoms with E-state index < -0.39 is 0 Å². The van der Waals surface area contributed by atoms with Gasteiger partial charge >= 0.3 is 5.97 Å². The average Bonchev–Trinajstić information content (AvgIpc) is 2.99. The summed E-state index contributed by atoms with van der Waals surface area (Å²) in [6.07, 6.45) is 1.30. The van der Waals surface area contributed by atoms with Gasteiger partial charge in [0.1, 0.15) is 6.61 Å². The van der Waals surface area contributed by atoms with E-state index in [1.165, 1.54) is 0 Å². The van der Waals surface area contributed by atoms with Crippen LogP contribution in [0.3, 0.4) is 0 Å². The molecule has 0 unspecified atom stereocenters. The fourth-order valence-corrected chi connectivity index (χ4v) is 2.72. The van der Waals surface area contributed by atoms with Crippen molar-refractivity contribution in [2.75, 3.05) is 13.7 Å². The molecule has 120 valence electrons. The van der Waals surface area contributed by atoms with Gasteiger partial charge in [0.15, 0.2) is 11.5 Å². The van der Waals surface area contributed by atoms with Crippen LogP contribution in [0.1, 0.15) is 17.5 Å². The van der Waals surface area contributed by atoms with E-state index in [4.69, 9.17) is 14.2 Å². The van der Waals surface area contributed by atoms with Crippen molar-refractivity contribution in [1.29, 1.82) is 0 Å². The number of benzene rings is 2. The lowest BCUT2D eigenvalue weighted by Crippen LogP contribution is -2.04. The summed E-state index contributed by atoms with van der Waals surface area (Å²) in [6.45, 7) is 1.01. The van der Waals surface area contributed by atoms with Crippen LogP contribution in [0.25, 0.3) is 0 Å². The number of hydrogen-bond donors (Lipinski definition) is 0. The van der Waals surface area contributed by atoms with Crippen molar-refractivity contribution < 1.29 is 19.0 Å². The first-order chi connectivity index (χ1) is 11.2. The zero-order valence-corrected chi connectivity index (χ0v) is 13.2. The maximum absolute atomic E-state index is 11.2. The first kappa shape index (κ1) is 15.4. The van der Waals surface area contributed by atoms with Gasteiger partial charge in [0, 0.05) is 5.92 Å². The van der Waals surface area contributed by atoms with Gasteiger partial charge in [-0.1, -0.05) is 36.4 Å². The molecule has 1 atom stereocenters. The lowest BCUT2D eigenvalue weighted by Gasteiger charge is -2.13. The number of hydrogen-bond acceptors (Lipinski definition) is 4. The summed E-state index contributed by atoms with van der Waals surface area (Å²) in [4.78, 5) is 11.2. The van der Waals surface area contributed by atoms with E-state index >= 15 is 0 Å². The maximum Gasteiger partial charge on any atom is 0.306 e. The minimum absolute atomic E-state index is 0.107. The minimum atomic E-state index is -0.107. The van der Waals surface area contributed by atoms with Crippen LogP contribution >= 0.6 is 0 Å². The van der Waals surface area contributed by atoms with Gasteiger partial charge in [0.25, 0.3) is 0 Å². The second-order valence-corrected chi connectivity index (χ2v) is 5.72. The Morgan fingerprint density at radius 3 is 2.61 bits per heavy atom. The van der Waals surface area contributed by atoms with E-state index in [1.807, 2.05) is 48.5 Å². The van der Waals surface area contributed by atoms with Crippen LogP contribution in [0.15, 0.2) is 48.5 Å². The van der Waals surface area contributed by atoms with Gasteiger partial charge in [0.2, 0.25) is 0 Å². The normalized spacial score (nSPS) is 16.9. The molecule has 1 aliphatic heterocycles. The first-order valence-corrected chi connectivity index (χ1v) is 7.74. The molecule has 2 aromatic rings. The third-order valence-corrected chi connectivity index (χ3v) is 3.92. The molecular weight excluding hydrogens is 292 g/mol. The smallest absolute Gasteiger partial charge is 0.306 e. The SMILES string of the molecule is COc1cc(C[C@H]2COC(=O)C2)ccc1OCc1ccccc1. The predicted octanol–water partition coefficient (Wildman–Crippen LogP) is 3.38. The molecule has 0 aliphatic carbocycles. The molecule has 23 heavy (non-hydrogen) atoms. The van der Waals surface area contributed by atoms with Crippen LogP contribution < -0.4 is 9.47 Å². The highest BCUT2D eigenvalue weighted by Gasteiger charge is 2.24. The highest BCUT2D eigenvalue weighted by atomic mass is 16.5. The summed E-state index contributed by atoms with van der Waals surface area (Å²) < 4.78 is 16.3. The molecule has 0 saturated carbocycles. The molecule has 4 heteroatoms. The second kappa shape index (κ2) is 7.18. The van der Waals surface area contributed by atoms with Crippen molar-refractivity contribution in [3.8, 4) is 11.5 Å². The van der Waals surface area contributed by atoms with E-state index in [0.717, 1.165) is 23.3 Å². The molecule has 2 aromatic carbocycles. The monoisotopic (exact) mass is 312 g/mol. The summed E-state index contributed by atoms with van der Waals surface area (Å²) in [5.41, 5.74) is 2.23. The Morgan fingerprint density at radius 2 is 1.91 bits per heavy atom. The number of methoxy groups -OCH3 is 1. The van der Waals surface area contributed by atoms with Gasteiger partial charge in [-0.25, -0.2) is 0 Å². The predicted molar refractivity (Wildman–Crippen MR) is 86.5 cm³/mol. The Labute approximate surface area is 136 Å². The van der Waals surface area contributed by atoms with E-state index in [1.54, 1.807) is 7.11 Å². The van der Waals surface area contributed by atoms with Crippen LogP contribution in [0, 0.1) is 5.92 Å². The standard InChI is InChI=1S/C19H20O4/c1-21-18-10-15(9-16-11-19(20)23-13-16)7-8-17(18)22-12-14-5-3-2-4-6-14/h2-8,10,16H,9,11-13H2,1H3/t16-/m1/s1. The van der Waals surface area contributed by atoms with Crippen LogP contribution in [0.5, 0.6) is 11.5 Å². The van der Waals surface area contributed by atoms with Gasteiger partial charge < -0.3 is 14.2 Å². The van der Waals surface area contributed by atoms with Crippen molar-refractivity contribution >= 4 is 5.97 Å². The van der Waals surface area contributed by atoms with Gasteiger partial charge in [0.05, 0.1) is 20.1 Å². The molecule has 0 radical (unpaired) electrons. The Morgan fingerprint density at radius 1 is 1.09 bits per heavy atom.